The lowest BCUT2D eigenvalue weighted by atomic mass is 10.0. The number of thiocarbonyl (C=S) groups is 1. The van der Waals surface area contributed by atoms with E-state index in [-0.39, 0.29) is 23.5 Å². The van der Waals surface area contributed by atoms with Crippen molar-refractivity contribution in [2.45, 2.75) is 71.3 Å². The Morgan fingerprint density at radius 2 is 1.62 bits per heavy atom. The zero-order chi connectivity index (χ0) is 32.3. The zero-order valence-electron chi connectivity index (χ0n) is 26.3. The van der Waals surface area contributed by atoms with Gasteiger partial charge in [0, 0.05) is 58.3 Å². The third kappa shape index (κ3) is 9.06. The van der Waals surface area contributed by atoms with E-state index in [9.17, 15) is 19.6 Å². The fraction of sp³-hybridized carbons (Fsp3) is 0.500. The molecule has 0 saturated carbocycles. The molecule has 0 unspecified atom stereocenters. The van der Waals surface area contributed by atoms with Gasteiger partial charge in [-0.1, -0.05) is 92.8 Å². The number of piperazine rings is 1. The molecule has 11 heteroatoms. The van der Waals surface area contributed by atoms with Gasteiger partial charge in [-0.15, -0.1) is 0 Å². The summed E-state index contributed by atoms with van der Waals surface area (Å²) in [5.41, 5.74) is 2.32. The van der Waals surface area contributed by atoms with Crippen LogP contribution in [-0.2, 0) is 23.2 Å². The van der Waals surface area contributed by atoms with Crippen molar-refractivity contribution in [1.82, 2.24) is 14.4 Å². The number of rotatable bonds is 15. The Kier molecular flexibility index (Phi) is 12.8. The Morgan fingerprint density at radius 3 is 2.24 bits per heavy atom. The van der Waals surface area contributed by atoms with Crippen LogP contribution in [-0.4, -0.2) is 68.4 Å². The third-order valence-corrected chi connectivity index (χ3v) is 9.94. The van der Waals surface area contributed by atoms with Gasteiger partial charge in [0.1, 0.15) is 21.8 Å². The van der Waals surface area contributed by atoms with E-state index in [0.29, 0.717) is 26.9 Å². The fourth-order valence-electron chi connectivity index (χ4n) is 5.98. The second-order valence-corrected chi connectivity index (χ2v) is 13.4. The fourth-order valence-corrected chi connectivity index (χ4v) is 7.27. The monoisotopic (exact) mass is 649 g/mol. The molecule has 1 aromatic heterocycles. The Bertz CT molecular complexity index is 1510. The lowest BCUT2D eigenvalue weighted by molar-refractivity contribution is -0.137. The first-order valence-electron chi connectivity index (χ1n) is 15.8. The summed E-state index contributed by atoms with van der Waals surface area (Å²) in [5, 5.41) is 18.6. The highest BCUT2D eigenvalue weighted by molar-refractivity contribution is 8.26. The number of benzene rings is 1. The van der Waals surface area contributed by atoms with Crippen molar-refractivity contribution in [2.75, 3.05) is 37.6 Å². The predicted octanol–water partition coefficient (Wildman–Crippen LogP) is 5.68. The smallest absolute Gasteiger partial charge is 0.303 e. The summed E-state index contributed by atoms with van der Waals surface area (Å²) in [6, 6.07) is 12.5. The second-order valence-electron chi connectivity index (χ2n) is 11.8. The molecule has 0 aliphatic carbocycles. The molecule has 0 spiro atoms. The van der Waals surface area contributed by atoms with Crippen LogP contribution in [0.15, 0.2) is 40.0 Å². The number of anilines is 1. The van der Waals surface area contributed by atoms with Gasteiger partial charge in [-0.05, 0) is 37.0 Å². The molecule has 2 saturated heterocycles. The number of aromatic nitrogens is 1. The average Bonchev–Trinajstić information content (AvgIpc) is 3.29. The molecule has 0 bridgehead atoms. The first-order chi connectivity index (χ1) is 21.7. The summed E-state index contributed by atoms with van der Waals surface area (Å²) in [7, 11) is 1.70. The number of nitriles is 1. The van der Waals surface area contributed by atoms with Crippen LogP contribution in [0.3, 0.4) is 0 Å². The number of carbonyl (C=O) groups excluding carboxylic acids is 1. The van der Waals surface area contributed by atoms with Crippen LogP contribution >= 0.6 is 24.0 Å². The van der Waals surface area contributed by atoms with Gasteiger partial charge in [-0.3, -0.25) is 28.8 Å². The maximum atomic E-state index is 13.5. The van der Waals surface area contributed by atoms with Crippen LogP contribution in [0.5, 0.6) is 0 Å². The molecule has 1 amide bonds. The predicted molar refractivity (Wildman–Crippen MR) is 184 cm³/mol. The molecule has 3 heterocycles. The normalized spacial score (nSPS) is 16.5. The van der Waals surface area contributed by atoms with Crippen molar-refractivity contribution in [3.05, 3.63) is 67.8 Å². The summed E-state index contributed by atoms with van der Waals surface area (Å²) >= 11 is 6.88. The van der Waals surface area contributed by atoms with Gasteiger partial charge in [0.15, 0.2) is 0 Å². The molecule has 4 rings (SSSR count). The van der Waals surface area contributed by atoms with Crippen LogP contribution in [0.25, 0.3) is 6.08 Å². The highest BCUT2D eigenvalue weighted by Crippen LogP contribution is 2.36. The van der Waals surface area contributed by atoms with Gasteiger partial charge in [-0.25, -0.2) is 0 Å². The molecule has 2 fully saturated rings. The first-order valence-corrected chi connectivity index (χ1v) is 17.1. The van der Waals surface area contributed by atoms with E-state index in [1.54, 1.807) is 23.4 Å². The zero-order valence-corrected chi connectivity index (χ0v) is 27.9. The van der Waals surface area contributed by atoms with Gasteiger partial charge >= 0.3 is 5.97 Å². The standard InChI is InChI=1S/C34H43N5O4S2/c1-25-27(22-29-33(43)39(34(44)45-29)17-13-8-6-4-3-5-7-12-16-30(40)41)31(36(2)32(42)28(25)23-35)38-20-18-37(19-21-38)24-26-14-10-9-11-15-26/h9-11,14-15,22H,3-8,12-13,16-21,24H2,1-2H3,(H,40,41)/b29-22-. The van der Waals surface area contributed by atoms with E-state index in [4.69, 9.17) is 17.3 Å². The molecule has 2 aliphatic heterocycles. The van der Waals surface area contributed by atoms with E-state index < -0.39 is 5.97 Å². The summed E-state index contributed by atoms with van der Waals surface area (Å²) in [5.74, 6) is -0.136. The lowest BCUT2D eigenvalue weighted by Crippen LogP contribution is -2.48. The summed E-state index contributed by atoms with van der Waals surface area (Å²) < 4.78 is 2.08. The second kappa shape index (κ2) is 16.7. The number of carboxylic acid groups (broad SMARTS) is 1. The molecular formula is C34H43N5O4S2. The van der Waals surface area contributed by atoms with Crippen molar-refractivity contribution >= 4 is 52.1 Å². The molecule has 1 N–H and O–H groups in total. The molecule has 240 valence electrons. The quantitative estimate of drug-likeness (QED) is 0.148. The van der Waals surface area contributed by atoms with Crippen molar-refractivity contribution in [1.29, 1.82) is 5.26 Å². The number of hydrogen-bond acceptors (Lipinski definition) is 8. The van der Waals surface area contributed by atoms with Crippen molar-refractivity contribution in [2.24, 2.45) is 7.05 Å². The Hall–Kier alpha value is -3.46. The number of carboxylic acids is 1. The van der Waals surface area contributed by atoms with Crippen LogP contribution < -0.4 is 10.5 Å². The third-order valence-electron chi connectivity index (χ3n) is 8.56. The number of pyridine rings is 1. The lowest BCUT2D eigenvalue weighted by Gasteiger charge is -2.37. The summed E-state index contributed by atoms with van der Waals surface area (Å²) in [6.07, 6.45) is 9.92. The van der Waals surface area contributed by atoms with E-state index >= 15 is 0 Å². The molecule has 0 atom stereocenters. The number of carbonyl (C=O) groups is 2. The SMILES string of the molecule is Cc1c(/C=C2\SC(=S)N(CCCCCCCCCCC(=O)O)C2=O)c(N2CCN(Cc3ccccc3)CC2)n(C)c(=O)c1C#N. The van der Waals surface area contributed by atoms with Gasteiger partial charge in [-0.2, -0.15) is 5.26 Å². The minimum atomic E-state index is -0.731. The topological polar surface area (TPSA) is 110 Å². The molecular weight excluding hydrogens is 607 g/mol. The maximum absolute atomic E-state index is 13.5. The number of hydrogen-bond donors (Lipinski definition) is 1. The number of unbranched alkanes of at least 4 members (excludes halogenated alkanes) is 7. The molecule has 1 aromatic carbocycles. The molecule has 0 radical (unpaired) electrons. The molecule has 45 heavy (non-hydrogen) atoms. The first kappa shape index (κ1) is 34.4. The number of aliphatic carboxylic acids is 1. The van der Waals surface area contributed by atoms with Crippen molar-refractivity contribution < 1.29 is 14.7 Å². The van der Waals surface area contributed by atoms with E-state index in [1.165, 1.54) is 17.3 Å². The highest BCUT2D eigenvalue weighted by Gasteiger charge is 2.33. The van der Waals surface area contributed by atoms with Crippen molar-refractivity contribution in [3.8, 4) is 6.07 Å². The molecule has 9 nitrogen and oxygen atoms in total. The van der Waals surface area contributed by atoms with Gasteiger partial charge in [0.05, 0.1) is 4.91 Å². The average molecular weight is 650 g/mol. The number of amides is 1. The van der Waals surface area contributed by atoms with Crippen LogP contribution in [0, 0.1) is 18.3 Å². The van der Waals surface area contributed by atoms with Gasteiger partial charge < -0.3 is 10.0 Å². The van der Waals surface area contributed by atoms with Crippen molar-refractivity contribution in [3.63, 3.8) is 0 Å². The maximum Gasteiger partial charge on any atom is 0.303 e. The minimum absolute atomic E-state index is 0.0903. The van der Waals surface area contributed by atoms with Gasteiger partial charge in [0.25, 0.3) is 11.5 Å². The minimum Gasteiger partial charge on any atom is -0.481 e. The van der Waals surface area contributed by atoms with Crippen LogP contribution in [0.4, 0.5) is 5.82 Å². The van der Waals surface area contributed by atoms with Crippen LogP contribution in [0.1, 0.15) is 80.0 Å². The Balaban J connectivity index is 1.40. The van der Waals surface area contributed by atoms with Gasteiger partial charge in [0.2, 0.25) is 0 Å². The number of thioether (sulfide) groups is 1. The van der Waals surface area contributed by atoms with E-state index in [0.717, 1.165) is 89.9 Å². The van der Waals surface area contributed by atoms with E-state index in [1.807, 2.05) is 24.3 Å². The summed E-state index contributed by atoms with van der Waals surface area (Å²) in [4.78, 5) is 44.1. The van der Waals surface area contributed by atoms with E-state index in [2.05, 4.69) is 28.0 Å². The Morgan fingerprint density at radius 1 is 1.00 bits per heavy atom. The molecule has 2 aromatic rings. The Labute approximate surface area is 275 Å². The number of nitrogens with zero attached hydrogens (tertiary/aromatic N) is 5. The summed E-state index contributed by atoms with van der Waals surface area (Å²) in [6.45, 7) is 6.30. The van der Waals surface area contributed by atoms with Crippen LogP contribution in [0.2, 0.25) is 0 Å². The molecule has 2 aliphatic rings. The highest BCUT2D eigenvalue weighted by atomic mass is 32.2. The largest absolute Gasteiger partial charge is 0.481 e.